The fraction of sp³-hybridized carbons (Fsp3) is 0.615. The minimum absolute atomic E-state index is 0.140. The molecule has 1 heterocycles. The molecule has 19 heavy (non-hydrogen) atoms. The molecule has 0 aliphatic heterocycles. The van der Waals surface area contributed by atoms with Gasteiger partial charge in [-0.3, -0.25) is 0 Å². The molecule has 0 saturated heterocycles. The molecule has 2 N–H and O–H groups in total. The zero-order valence-corrected chi connectivity index (χ0v) is 11.3. The SMILES string of the molecule is CCOC(=O)c1cnc(OC2CC(CN)C2)nc1C. The number of rotatable bonds is 5. The van der Waals surface area contributed by atoms with Gasteiger partial charge in [-0.1, -0.05) is 0 Å². The van der Waals surface area contributed by atoms with Gasteiger partial charge in [-0.15, -0.1) is 0 Å². The third kappa shape index (κ3) is 3.20. The molecule has 1 fully saturated rings. The summed E-state index contributed by atoms with van der Waals surface area (Å²) in [7, 11) is 0. The molecule has 1 aromatic heterocycles. The van der Waals surface area contributed by atoms with Crippen LogP contribution < -0.4 is 10.5 Å². The summed E-state index contributed by atoms with van der Waals surface area (Å²) in [4.78, 5) is 19.8. The molecule has 2 rings (SSSR count). The van der Waals surface area contributed by atoms with Gasteiger partial charge in [0.15, 0.2) is 0 Å². The number of nitrogens with two attached hydrogens (primary N) is 1. The third-order valence-electron chi connectivity index (χ3n) is 3.25. The molecule has 0 spiro atoms. The molecule has 0 radical (unpaired) electrons. The van der Waals surface area contributed by atoms with E-state index in [4.69, 9.17) is 15.2 Å². The van der Waals surface area contributed by atoms with E-state index >= 15 is 0 Å². The van der Waals surface area contributed by atoms with E-state index < -0.39 is 5.97 Å². The Morgan fingerprint density at radius 2 is 2.26 bits per heavy atom. The van der Waals surface area contributed by atoms with E-state index in [-0.39, 0.29) is 6.10 Å². The van der Waals surface area contributed by atoms with E-state index in [2.05, 4.69) is 9.97 Å². The van der Waals surface area contributed by atoms with Crippen molar-refractivity contribution in [2.45, 2.75) is 32.8 Å². The van der Waals surface area contributed by atoms with Crippen molar-refractivity contribution >= 4 is 5.97 Å². The third-order valence-corrected chi connectivity index (χ3v) is 3.25. The van der Waals surface area contributed by atoms with Crippen molar-refractivity contribution in [1.29, 1.82) is 0 Å². The molecule has 6 nitrogen and oxygen atoms in total. The lowest BCUT2D eigenvalue weighted by molar-refractivity contribution is 0.0520. The van der Waals surface area contributed by atoms with E-state index in [1.807, 2.05) is 0 Å². The van der Waals surface area contributed by atoms with Crippen LogP contribution in [0.4, 0.5) is 0 Å². The quantitative estimate of drug-likeness (QED) is 0.801. The predicted octanol–water partition coefficient (Wildman–Crippen LogP) is 1.08. The zero-order valence-electron chi connectivity index (χ0n) is 11.3. The Balaban J connectivity index is 1.97. The first-order valence-electron chi connectivity index (χ1n) is 6.51. The van der Waals surface area contributed by atoms with Crippen LogP contribution in [0.1, 0.15) is 35.8 Å². The number of hydrogen-bond acceptors (Lipinski definition) is 6. The molecule has 1 aromatic rings. The number of ether oxygens (including phenoxy) is 2. The summed E-state index contributed by atoms with van der Waals surface area (Å²) in [5.41, 5.74) is 6.50. The molecule has 1 aliphatic rings. The first kappa shape index (κ1) is 13.7. The maximum absolute atomic E-state index is 11.6. The fourth-order valence-electron chi connectivity index (χ4n) is 2.02. The summed E-state index contributed by atoms with van der Waals surface area (Å²) in [6.07, 6.45) is 3.48. The molecule has 1 aliphatic carbocycles. The topological polar surface area (TPSA) is 87.3 Å². The molecular formula is C13H19N3O3. The number of esters is 1. The van der Waals surface area contributed by atoms with Crippen LogP contribution in [-0.4, -0.2) is 35.2 Å². The lowest BCUT2D eigenvalue weighted by Crippen LogP contribution is -2.38. The Hall–Kier alpha value is -1.69. The minimum atomic E-state index is -0.404. The van der Waals surface area contributed by atoms with Crippen molar-refractivity contribution < 1.29 is 14.3 Å². The molecule has 1 saturated carbocycles. The van der Waals surface area contributed by atoms with Crippen molar-refractivity contribution in [2.75, 3.05) is 13.2 Å². The summed E-state index contributed by atoms with van der Waals surface area (Å²) in [6, 6.07) is 0.311. The highest BCUT2D eigenvalue weighted by Crippen LogP contribution is 2.29. The van der Waals surface area contributed by atoms with Crippen molar-refractivity contribution in [3.8, 4) is 6.01 Å². The summed E-state index contributed by atoms with van der Waals surface area (Å²) < 4.78 is 10.5. The second-order valence-electron chi connectivity index (χ2n) is 4.69. The van der Waals surface area contributed by atoms with Gasteiger partial charge in [0, 0.05) is 6.20 Å². The monoisotopic (exact) mass is 265 g/mol. The van der Waals surface area contributed by atoms with E-state index in [1.165, 1.54) is 6.20 Å². The van der Waals surface area contributed by atoms with Gasteiger partial charge in [-0.25, -0.2) is 9.78 Å². The summed E-state index contributed by atoms with van der Waals surface area (Å²) in [5, 5.41) is 0. The van der Waals surface area contributed by atoms with E-state index in [0.29, 0.717) is 36.3 Å². The lowest BCUT2D eigenvalue weighted by Gasteiger charge is -2.33. The number of carbonyl (C=O) groups excluding carboxylic acids is 1. The Kier molecular flexibility index (Phi) is 4.31. The Labute approximate surface area is 112 Å². The van der Waals surface area contributed by atoms with Crippen LogP contribution in [0.25, 0.3) is 0 Å². The van der Waals surface area contributed by atoms with Gasteiger partial charge in [0.25, 0.3) is 0 Å². The van der Waals surface area contributed by atoms with Gasteiger partial charge in [-0.05, 0) is 39.2 Å². The van der Waals surface area contributed by atoms with Gasteiger partial charge >= 0.3 is 12.0 Å². The number of carbonyl (C=O) groups is 1. The average molecular weight is 265 g/mol. The first-order chi connectivity index (χ1) is 9.13. The van der Waals surface area contributed by atoms with Gasteiger partial charge in [0.05, 0.1) is 17.9 Å². The van der Waals surface area contributed by atoms with Crippen molar-refractivity contribution in [3.05, 3.63) is 17.5 Å². The van der Waals surface area contributed by atoms with Crippen molar-refractivity contribution in [3.63, 3.8) is 0 Å². The Morgan fingerprint density at radius 3 is 2.84 bits per heavy atom. The molecule has 0 unspecified atom stereocenters. The van der Waals surface area contributed by atoms with Gasteiger partial charge in [0.2, 0.25) is 0 Å². The Morgan fingerprint density at radius 1 is 1.53 bits per heavy atom. The van der Waals surface area contributed by atoms with Crippen LogP contribution in [0, 0.1) is 12.8 Å². The van der Waals surface area contributed by atoms with Gasteiger partial charge in [-0.2, -0.15) is 4.98 Å². The predicted molar refractivity (Wildman–Crippen MR) is 68.9 cm³/mol. The molecule has 0 amide bonds. The summed E-state index contributed by atoms with van der Waals surface area (Å²) in [5.74, 6) is 0.142. The maximum atomic E-state index is 11.6. The van der Waals surface area contributed by atoms with Gasteiger partial charge < -0.3 is 15.2 Å². The smallest absolute Gasteiger partial charge is 0.341 e. The minimum Gasteiger partial charge on any atom is -0.462 e. The van der Waals surface area contributed by atoms with Gasteiger partial charge in [0.1, 0.15) is 6.10 Å². The highest BCUT2D eigenvalue weighted by atomic mass is 16.5. The summed E-state index contributed by atoms with van der Waals surface area (Å²) in [6.45, 7) is 4.53. The number of aromatic nitrogens is 2. The second kappa shape index (κ2) is 5.97. The van der Waals surface area contributed by atoms with E-state index in [1.54, 1.807) is 13.8 Å². The van der Waals surface area contributed by atoms with E-state index in [9.17, 15) is 4.79 Å². The van der Waals surface area contributed by atoms with Crippen LogP contribution in [-0.2, 0) is 4.74 Å². The normalized spacial score (nSPS) is 21.6. The second-order valence-corrected chi connectivity index (χ2v) is 4.69. The highest BCUT2D eigenvalue weighted by Gasteiger charge is 2.30. The van der Waals surface area contributed by atoms with Crippen LogP contribution in [0.15, 0.2) is 6.20 Å². The van der Waals surface area contributed by atoms with Crippen LogP contribution >= 0.6 is 0 Å². The Bertz CT molecular complexity index is 458. The van der Waals surface area contributed by atoms with Crippen molar-refractivity contribution in [1.82, 2.24) is 9.97 Å². The molecule has 0 bridgehead atoms. The van der Waals surface area contributed by atoms with Crippen LogP contribution in [0.5, 0.6) is 6.01 Å². The maximum Gasteiger partial charge on any atom is 0.341 e. The average Bonchev–Trinajstić information content (AvgIpc) is 2.33. The number of aryl methyl sites for hydroxylation is 1. The van der Waals surface area contributed by atoms with Crippen molar-refractivity contribution in [2.24, 2.45) is 11.7 Å². The number of nitrogens with zero attached hydrogens (tertiary/aromatic N) is 2. The standard InChI is InChI=1S/C13H19N3O3/c1-3-18-12(17)11-7-15-13(16-8(11)2)19-10-4-9(5-10)6-14/h7,9-10H,3-6,14H2,1-2H3. The number of hydrogen-bond donors (Lipinski definition) is 1. The van der Waals surface area contributed by atoms with E-state index in [0.717, 1.165) is 12.8 Å². The van der Waals surface area contributed by atoms with Crippen LogP contribution in [0.3, 0.4) is 0 Å². The molecule has 0 atom stereocenters. The molecule has 6 heteroatoms. The fourth-order valence-corrected chi connectivity index (χ4v) is 2.02. The lowest BCUT2D eigenvalue weighted by atomic mass is 9.82. The first-order valence-corrected chi connectivity index (χ1v) is 6.51. The van der Waals surface area contributed by atoms with Crippen LogP contribution in [0.2, 0.25) is 0 Å². The molecule has 104 valence electrons. The molecular weight excluding hydrogens is 246 g/mol. The summed E-state index contributed by atoms with van der Waals surface area (Å²) >= 11 is 0. The highest BCUT2D eigenvalue weighted by molar-refractivity contribution is 5.90. The zero-order chi connectivity index (χ0) is 13.8. The largest absolute Gasteiger partial charge is 0.462 e. The molecule has 0 aromatic carbocycles.